The molecule has 1 aromatic carbocycles. The summed E-state index contributed by atoms with van der Waals surface area (Å²) in [5.41, 5.74) is 8.15. The van der Waals surface area contributed by atoms with Crippen molar-refractivity contribution in [2.45, 2.75) is 12.3 Å². The van der Waals surface area contributed by atoms with E-state index in [1.807, 2.05) is 24.3 Å². The van der Waals surface area contributed by atoms with Crippen molar-refractivity contribution in [3.8, 4) is 0 Å². The first-order chi connectivity index (χ1) is 10.7. The molecule has 0 aliphatic heterocycles. The number of carbonyl (C=O) groups excluding carboxylic acids is 1. The SMILES string of the molecule is NCc1ccc(C(=O)Nc2cc(CSCCO)ccn2)cc1. The van der Waals surface area contributed by atoms with E-state index in [0.717, 1.165) is 16.9 Å². The van der Waals surface area contributed by atoms with Gasteiger partial charge in [0.15, 0.2) is 0 Å². The first kappa shape index (κ1) is 16.5. The second kappa shape index (κ2) is 8.53. The lowest BCUT2D eigenvalue weighted by Crippen LogP contribution is -2.13. The molecule has 2 rings (SSSR count). The predicted molar refractivity (Wildman–Crippen MR) is 89.8 cm³/mol. The molecule has 0 spiro atoms. The number of thioether (sulfide) groups is 1. The molecule has 4 N–H and O–H groups in total. The minimum absolute atomic E-state index is 0.165. The van der Waals surface area contributed by atoms with Crippen molar-refractivity contribution in [3.63, 3.8) is 0 Å². The number of amides is 1. The number of hydrogen-bond donors (Lipinski definition) is 3. The second-order valence-electron chi connectivity index (χ2n) is 4.68. The van der Waals surface area contributed by atoms with E-state index >= 15 is 0 Å². The number of anilines is 1. The summed E-state index contributed by atoms with van der Waals surface area (Å²) in [6.07, 6.45) is 1.67. The molecule has 1 amide bonds. The molecule has 0 unspecified atom stereocenters. The van der Waals surface area contributed by atoms with Crippen LogP contribution in [0.5, 0.6) is 0 Å². The Bertz CT molecular complexity index is 617. The highest BCUT2D eigenvalue weighted by atomic mass is 32.2. The Morgan fingerprint density at radius 1 is 1.23 bits per heavy atom. The number of aliphatic hydroxyl groups is 1. The highest BCUT2D eigenvalue weighted by Crippen LogP contribution is 2.15. The lowest BCUT2D eigenvalue weighted by atomic mass is 10.1. The molecule has 6 heteroatoms. The molecule has 5 nitrogen and oxygen atoms in total. The lowest BCUT2D eigenvalue weighted by molar-refractivity contribution is 0.102. The van der Waals surface area contributed by atoms with E-state index in [1.165, 1.54) is 0 Å². The van der Waals surface area contributed by atoms with E-state index < -0.39 is 0 Å². The van der Waals surface area contributed by atoms with Gasteiger partial charge in [-0.1, -0.05) is 12.1 Å². The summed E-state index contributed by atoms with van der Waals surface area (Å²) in [5, 5.41) is 11.6. The summed E-state index contributed by atoms with van der Waals surface area (Å²) in [6, 6.07) is 10.9. The molecular formula is C16H19N3O2S. The van der Waals surface area contributed by atoms with E-state index in [-0.39, 0.29) is 12.5 Å². The molecule has 0 radical (unpaired) electrons. The third kappa shape index (κ3) is 4.84. The van der Waals surface area contributed by atoms with Crippen LogP contribution in [-0.4, -0.2) is 28.4 Å². The maximum atomic E-state index is 12.2. The fourth-order valence-corrected chi connectivity index (χ4v) is 2.56. The maximum absolute atomic E-state index is 12.2. The minimum atomic E-state index is -0.198. The quantitative estimate of drug-likeness (QED) is 0.680. The Morgan fingerprint density at radius 3 is 2.68 bits per heavy atom. The van der Waals surface area contributed by atoms with Crippen LogP contribution >= 0.6 is 11.8 Å². The Balaban J connectivity index is 1.99. The molecule has 0 aliphatic rings. The Labute approximate surface area is 134 Å². The number of rotatable bonds is 7. The van der Waals surface area contributed by atoms with Gasteiger partial charge in [-0.15, -0.1) is 0 Å². The van der Waals surface area contributed by atoms with Crippen LogP contribution in [0, 0.1) is 0 Å². The smallest absolute Gasteiger partial charge is 0.256 e. The monoisotopic (exact) mass is 317 g/mol. The van der Waals surface area contributed by atoms with Gasteiger partial charge >= 0.3 is 0 Å². The number of nitrogens with two attached hydrogens (primary N) is 1. The fraction of sp³-hybridized carbons (Fsp3) is 0.250. The minimum Gasteiger partial charge on any atom is -0.396 e. The van der Waals surface area contributed by atoms with Gasteiger partial charge < -0.3 is 16.2 Å². The summed E-state index contributed by atoms with van der Waals surface area (Å²) in [4.78, 5) is 16.3. The van der Waals surface area contributed by atoms with E-state index in [1.54, 1.807) is 30.1 Å². The van der Waals surface area contributed by atoms with Crippen LogP contribution in [-0.2, 0) is 12.3 Å². The van der Waals surface area contributed by atoms with Crippen LogP contribution < -0.4 is 11.1 Å². The summed E-state index contributed by atoms with van der Waals surface area (Å²) in [7, 11) is 0. The molecule has 0 atom stereocenters. The topological polar surface area (TPSA) is 88.2 Å². The van der Waals surface area contributed by atoms with Gasteiger partial charge in [0.05, 0.1) is 6.61 Å². The van der Waals surface area contributed by atoms with Crippen molar-refractivity contribution in [1.82, 2.24) is 4.98 Å². The van der Waals surface area contributed by atoms with Crippen LogP contribution in [0.1, 0.15) is 21.5 Å². The van der Waals surface area contributed by atoms with Gasteiger partial charge in [-0.3, -0.25) is 4.79 Å². The van der Waals surface area contributed by atoms with Gasteiger partial charge in [-0.2, -0.15) is 11.8 Å². The Kier molecular flexibility index (Phi) is 6.39. The molecular weight excluding hydrogens is 298 g/mol. The molecule has 2 aromatic rings. The number of hydrogen-bond acceptors (Lipinski definition) is 5. The third-order valence-corrected chi connectivity index (χ3v) is 4.03. The molecule has 0 saturated carbocycles. The molecule has 0 saturated heterocycles. The molecule has 1 heterocycles. The molecule has 116 valence electrons. The zero-order valence-electron chi connectivity index (χ0n) is 12.2. The van der Waals surface area contributed by atoms with Crippen LogP contribution in [0.25, 0.3) is 0 Å². The predicted octanol–water partition coefficient (Wildman–Crippen LogP) is 2.02. The van der Waals surface area contributed by atoms with E-state index in [2.05, 4.69) is 10.3 Å². The lowest BCUT2D eigenvalue weighted by Gasteiger charge is -2.07. The number of nitrogens with one attached hydrogen (secondary N) is 1. The van der Waals surface area contributed by atoms with E-state index in [9.17, 15) is 4.79 Å². The standard InChI is InChI=1S/C16H19N3O2S/c17-10-12-1-3-14(4-2-12)16(21)19-15-9-13(5-6-18-15)11-22-8-7-20/h1-6,9,20H,7-8,10-11,17H2,(H,18,19,21). The second-order valence-corrected chi connectivity index (χ2v) is 5.79. The number of aromatic nitrogens is 1. The molecule has 0 aliphatic carbocycles. The van der Waals surface area contributed by atoms with Crippen LogP contribution in [0.3, 0.4) is 0 Å². The number of nitrogens with zero attached hydrogens (tertiary/aromatic N) is 1. The maximum Gasteiger partial charge on any atom is 0.256 e. The summed E-state index contributed by atoms with van der Waals surface area (Å²) < 4.78 is 0. The van der Waals surface area contributed by atoms with Gasteiger partial charge in [0.1, 0.15) is 5.82 Å². The van der Waals surface area contributed by atoms with Gasteiger partial charge in [0.25, 0.3) is 5.91 Å². The molecule has 0 fully saturated rings. The fourth-order valence-electron chi connectivity index (χ4n) is 1.87. The molecule has 0 bridgehead atoms. The van der Waals surface area contributed by atoms with Gasteiger partial charge in [0.2, 0.25) is 0 Å². The number of benzene rings is 1. The highest BCUT2D eigenvalue weighted by molar-refractivity contribution is 7.98. The summed E-state index contributed by atoms with van der Waals surface area (Å²) >= 11 is 1.63. The van der Waals surface area contributed by atoms with E-state index in [0.29, 0.717) is 23.7 Å². The van der Waals surface area contributed by atoms with Crippen molar-refractivity contribution in [1.29, 1.82) is 0 Å². The molecule has 22 heavy (non-hydrogen) atoms. The van der Waals surface area contributed by atoms with Gasteiger partial charge in [-0.05, 0) is 35.4 Å². The van der Waals surface area contributed by atoms with Crippen LogP contribution in [0.2, 0.25) is 0 Å². The van der Waals surface area contributed by atoms with E-state index in [4.69, 9.17) is 10.8 Å². The zero-order valence-corrected chi connectivity index (χ0v) is 13.0. The van der Waals surface area contributed by atoms with Crippen LogP contribution in [0.15, 0.2) is 42.6 Å². The van der Waals surface area contributed by atoms with Gasteiger partial charge in [-0.25, -0.2) is 4.98 Å². The average molecular weight is 317 g/mol. The first-order valence-electron chi connectivity index (χ1n) is 6.97. The zero-order chi connectivity index (χ0) is 15.8. The number of carbonyl (C=O) groups is 1. The number of pyridine rings is 1. The number of aliphatic hydroxyl groups excluding tert-OH is 1. The Morgan fingerprint density at radius 2 is 2.00 bits per heavy atom. The molecule has 1 aromatic heterocycles. The first-order valence-corrected chi connectivity index (χ1v) is 8.12. The summed E-state index contributed by atoms with van der Waals surface area (Å²) in [6.45, 7) is 0.620. The van der Waals surface area contributed by atoms with Crippen LogP contribution in [0.4, 0.5) is 5.82 Å². The highest BCUT2D eigenvalue weighted by Gasteiger charge is 2.07. The Hall–Kier alpha value is -1.89. The normalized spacial score (nSPS) is 10.5. The van der Waals surface area contributed by atoms with Crippen molar-refractivity contribution in [2.24, 2.45) is 5.73 Å². The third-order valence-electron chi connectivity index (χ3n) is 3.02. The van der Waals surface area contributed by atoms with Crippen molar-refractivity contribution in [3.05, 3.63) is 59.3 Å². The van der Waals surface area contributed by atoms with Crippen molar-refractivity contribution < 1.29 is 9.90 Å². The van der Waals surface area contributed by atoms with Crippen molar-refractivity contribution >= 4 is 23.5 Å². The van der Waals surface area contributed by atoms with Gasteiger partial charge in [0, 0.05) is 29.8 Å². The summed E-state index contributed by atoms with van der Waals surface area (Å²) in [5.74, 6) is 1.79. The van der Waals surface area contributed by atoms with Crippen molar-refractivity contribution in [2.75, 3.05) is 17.7 Å². The average Bonchev–Trinajstić information content (AvgIpc) is 2.55. The largest absolute Gasteiger partial charge is 0.396 e.